The summed E-state index contributed by atoms with van der Waals surface area (Å²) in [6.07, 6.45) is 10.6. The lowest BCUT2D eigenvalue weighted by molar-refractivity contribution is -0.136. The average molecular weight is 1980 g/mol. The van der Waals surface area contributed by atoms with Gasteiger partial charge in [-0.05, 0) is 179 Å². The quantitative estimate of drug-likeness (QED) is 0.00809. The fraction of sp³-hybridized carbons (Fsp3) is 0.674. The van der Waals surface area contributed by atoms with E-state index in [0.29, 0.717) is 88.8 Å². The molecule has 22 nitrogen and oxygen atoms in total. The van der Waals surface area contributed by atoms with Crippen molar-refractivity contribution in [3.05, 3.63) is 88.2 Å². The summed E-state index contributed by atoms with van der Waals surface area (Å²) in [4.78, 5) is 31.1. The Morgan fingerprint density at radius 3 is 1.21 bits per heavy atom. The molecule has 1 aliphatic rings. The van der Waals surface area contributed by atoms with Crippen LogP contribution in [0.15, 0.2) is 97.3 Å². The first kappa shape index (κ1) is 117. The number of halogens is 3. The second-order valence-corrected chi connectivity index (χ2v) is 60.9. The number of anilines is 2. The van der Waals surface area contributed by atoms with E-state index in [0.717, 1.165) is 134 Å². The summed E-state index contributed by atoms with van der Waals surface area (Å²) < 4.78 is 84.8. The zero-order chi connectivity index (χ0) is 92.1. The van der Waals surface area contributed by atoms with E-state index in [9.17, 15) is 9.18 Å². The summed E-state index contributed by atoms with van der Waals surface area (Å²) in [5.41, 5.74) is 4.64. The highest BCUT2D eigenvalue weighted by atomic mass is 79.9. The molecule has 9 rings (SSSR count). The van der Waals surface area contributed by atoms with Gasteiger partial charge < -0.3 is 75.7 Å². The van der Waals surface area contributed by atoms with Gasteiger partial charge in [0.1, 0.15) is 70.2 Å². The second-order valence-electron chi connectivity index (χ2n) is 33.0. The number of nitrogens with one attached hydrogen (secondary N) is 2. The molecule has 698 valence electrons. The summed E-state index contributed by atoms with van der Waals surface area (Å²) in [5, 5.41) is 13.3. The van der Waals surface area contributed by atoms with Gasteiger partial charge in [0.2, 0.25) is 5.95 Å². The van der Waals surface area contributed by atoms with Crippen LogP contribution in [0.4, 0.5) is 20.6 Å². The number of fused-ring (bicyclic) bond motifs is 5. The van der Waals surface area contributed by atoms with E-state index in [1.165, 1.54) is 29.6 Å². The summed E-state index contributed by atoms with van der Waals surface area (Å²) in [6, 6.07) is 20.7. The largest absolute Gasteiger partial charge is 0.444 e. The van der Waals surface area contributed by atoms with Crippen molar-refractivity contribution < 1.29 is 61.3 Å². The Labute approximate surface area is 774 Å². The van der Waals surface area contributed by atoms with Crippen LogP contribution in [0, 0.1) is 5.95 Å². The van der Waals surface area contributed by atoms with Crippen LogP contribution in [-0.4, -0.2) is 197 Å². The van der Waals surface area contributed by atoms with Crippen molar-refractivity contribution in [1.82, 2.24) is 38.2 Å². The van der Waals surface area contributed by atoms with Crippen LogP contribution in [0.2, 0.25) is 103 Å². The molecule has 2 N–H and O–H groups in total. The van der Waals surface area contributed by atoms with Crippen LogP contribution in [0.3, 0.4) is 0 Å². The lowest BCUT2D eigenvalue weighted by Crippen LogP contribution is -2.27. The molecule has 0 bridgehead atoms. The Bertz CT molecular complexity index is 4060. The van der Waals surface area contributed by atoms with Gasteiger partial charge in [-0.25, -0.2) is 24.7 Å². The predicted molar refractivity (Wildman–Crippen MR) is 540 cm³/mol. The van der Waals surface area contributed by atoms with Crippen LogP contribution in [0.25, 0.3) is 44.1 Å². The maximum absolute atomic E-state index is 13.4. The lowest BCUT2D eigenvalue weighted by Gasteiger charge is -2.20. The van der Waals surface area contributed by atoms with Crippen LogP contribution in [0.1, 0.15) is 143 Å². The molecular formula is C89H159Br2FN10O12S4Si4. The van der Waals surface area contributed by atoms with Crippen molar-refractivity contribution in [2.24, 2.45) is 0 Å². The number of aromatic nitrogens is 8. The third kappa shape index (κ3) is 48.8. The van der Waals surface area contributed by atoms with Gasteiger partial charge in [-0.2, -0.15) is 17.0 Å². The number of ether oxygens (including phenoxy) is 11. The van der Waals surface area contributed by atoms with Gasteiger partial charge in [-0.3, -0.25) is 5.32 Å². The zero-order valence-electron chi connectivity index (χ0n) is 80.0. The van der Waals surface area contributed by atoms with Gasteiger partial charge >= 0.3 is 6.09 Å². The first-order chi connectivity index (χ1) is 58.0. The van der Waals surface area contributed by atoms with Crippen LogP contribution >= 0.6 is 79.8 Å². The Morgan fingerprint density at radius 2 is 0.844 bits per heavy atom. The highest BCUT2D eigenvalue weighted by Crippen LogP contribution is 2.35. The van der Waals surface area contributed by atoms with Crippen molar-refractivity contribution in [1.29, 1.82) is 0 Å². The molecule has 0 spiro atoms. The molecule has 0 saturated carbocycles. The Balaban J connectivity index is 0.000000775. The monoisotopic (exact) mass is 1980 g/mol. The van der Waals surface area contributed by atoms with Gasteiger partial charge in [0.15, 0.2) is 18.9 Å². The summed E-state index contributed by atoms with van der Waals surface area (Å²) in [7, 11) is -4.30. The van der Waals surface area contributed by atoms with E-state index < -0.39 is 49.9 Å². The van der Waals surface area contributed by atoms with Crippen LogP contribution in [0.5, 0.6) is 0 Å². The molecule has 0 aliphatic carbocycles. The number of thioether (sulfide) groups is 3. The number of hydrogen-bond donors (Lipinski definition) is 3. The lowest BCUT2D eigenvalue weighted by atomic mass is 10.2. The summed E-state index contributed by atoms with van der Waals surface area (Å²) in [5.74, 6) is 3.06. The maximum Gasteiger partial charge on any atom is 0.412 e. The SMILES string of the molecule is CC.CC.CC.CC.CCOC(CCS)OCC.CCOC(CCSc1nc2c(ccn2COCC[Si](C)(C)C)cc1Br)OCC.CCOC(CCSc1nc2c(ccn2COCC[Si](C)(C)C)cc1NC(=O)OC(C)(C)C)OCC.C[Si](C)(C)CCOCn1ccc2cc(Br)c(F)nc21.C[Si](C)(C)CCOCn1ccc2cc3c(nc21)SCCCN3. The van der Waals surface area contributed by atoms with Gasteiger partial charge in [0.25, 0.3) is 0 Å². The molecule has 0 unspecified atom stereocenters. The first-order valence-electron chi connectivity index (χ1n) is 44.2. The van der Waals surface area contributed by atoms with Gasteiger partial charge in [0.05, 0.1) is 20.3 Å². The molecule has 8 aromatic heterocycles. The van der Waals surface area contributed by atoms with E-state index >= 15 is 0 Å². The molecule has 0 atom stereocenters. The van der Waals surface area contributed by atoms with Gasteiger partial charge in [0, 0.05) is 188 Å². The van der Waals surface area contributed by atoms with Gasteiger partial charge in [-0.1, -0.05) is 134 Å². The summed E-state index contributed by atoms with van der Waals surface area (Å²) >= 11 is 16.0. The molecule has 0 radical (unpaired) electrons. The van der Waals surface area contributed by atoms with Crippen molar-refractivity contribution in [2.75, 3.05) is 106 Å². The van der Waals surface area contributed by atoms with E-state index in [4.69, 9.17) is 67.1 Å². The molecule has 8 aromatic rings. The number of carbonyl (C=O) groups excluding carboxylic acids is 1. The van der Waals surface area contributed by atoms with E-state index in [1.807, 2.05) is 175 Å². The van der Waals surface area contributed by atoms with Crippen molar-refractivity contribution in [3.8, 4) is 0 Å². The predicted octanol–water partition coefficient (Wildman–Crippen LogP) is 26.9. The Kier molecular flexibility index (Phi) is 61.5. The topological polar surface area (TPSA) is 214 Å². The summed E-state index contributed by atoms with van der Waals surface area (Å²) in [6.45, 7) is 71.6. The van der Waals surface area contributed by atoms with E-state index in [-0.39, 0.29) is 18.9 Å². The van der Waals surface area contributed by atoms with Crippen LogP contribution < -0.4 is 10.6 Å². The minimum atomic E-state index is -1.14. The minimum absolute atomic E-state index is 0.0486. The molecule has 9 heterocycles. The maximum atomic E-state index is 13.4. The standard InChI is InChI=1S/C25H43N3O5SSi.C20H33BrN2O3SSi.C16H25N3OSSi.C13H18BrFN2OSi.C7H16O2S.4C2H6/c1-9-31-21(32-10-2)12-15-34-23-20(26-24(29)33-25(3,4)5)17-19-11-13-28(22(19)27-23)18-30-14-16-35(6,7)8;1-6-25-18(26-7-2)9-12-27-20-17(21)14-16-8-10-23(19(16)22-20)15-24-11-13-28(3,4)5;1-22(2,3)10-8-20-12-19-7-5-13-11-14-16(18-15(13)19)21-9-4-6-17-14;1-19(2,3)7-6-18-9-17-5-4-10-8-11(14)12(15)16-13(10)17;1-3-8-7(5-6-10)9-4-2;4*1-2/h11,13,17,21H,9-10,12,14-16,18H2,1-8H3,(H,26,29);8,10,14,18H,6-7,9,11-13,15H2,1-5H3;5,7,11,17H,4,6,8-10,12H2,1-3H3;4-5,8H,6-7,9H2,1-3H3;7,10H,3-6H2,1-2H3;4*1-2H3. The number of thiol groups is 1. The number of pyridine rings is 4. The third-order valence-electron chi connectivity index (χ3n) is 16.8. The zero-order valence-corrected chi connectivity index (χ0v) is 90.6. The Morgan fingerprint density at radius 1 is 0.508 bits per heavy atom. The molecule has 33 heteroatoms. The number of nitrogens with zero attached hydrogens (tertiary/aromatic N) is 8. The van der Waals surface area contributed by atoms with Gasteiger partial charge in [-0.15, -0.1) is 35.3 Å². The molecule has 1 aliphatic heterocycles. The van der Waals surface area contributed by atoms with Crippen molar-refractivity contribution in [3.63, 3.8) is 0 Å². The second kappa shape index (κ2) is 64.4. The molecule has 0 saturated heterocycles. The van der Waals surface area contributed by atoms with Crippen LogP contribution in [-0.2, 0) is 79.0 Å². The number of carbonyl (C=O) groups is 1. The van der Waals surface area contributed by atoms with Crippen molar-refractivity contribution >= 4 is 174 Å². The Hall–Kier alpha value is -3.41. The fourth-order valence-corrected chi connectivity index (χ4v) is 17.6. The minimum Gasteiger partial charge on any atom is -0.444 e. The van der Waals surface area contributed by atoms with E-state index in [1.54, 1.807) is 29.6 Å². The molecule has 1 amide bonds. The third-order valence-corrected chi connectivity index (χ3v) is 28.4. The first-order valence-corrected chi connectivity index (χ1v) is 64.2. The molecule has 0 aromatic carbocycles. The fourth-order valence-electron chi connectivity index (χ4n) is 10.7. The average Bonchev–Trinajstić information content (AvgIpc) is 1.68. The molecule has 122 heavy (non-hydrogen) atoms. The van der Waals surface area contributed by atoms with Crippen molar-refractivity contribution in [2.45, 2.75) is 313 Å². The highest BCUT2D eigenvalue weighted by Gasteiger charge is 2.23. The number of hydrogen-bond acceptors (Lipinski definition) is 21. The van der Waals surface area contributed by atoms with E-state index in [2.05, 4.69) is 178 Å². The molecule has 0 fully saturated rings. The number of rotatable bonds is 43. The normalized spacial score (nSPS) is 12.2. The highest BCUT2D eigenvalue weighted by molar-refractivity contribution is 9.10. The molecular weight excluding hydrogens is 1820 g/mol. The number of amides is 1. The smallest absolute Gasteiger partial charge is 0.412 e.